The van der Waals surface area contributed by atoms with E-state index in [2.05, 4.69) is 15.6 Å². The number of carbonyl (C=O) groups is 2. The van der Waals surface area contributed by atoms with Crippen LogP contribution in [0.4, 0.5) is 5.82 Å². The second kappa shape index (κ2) is 6.81. The molecule has 1 aliphatic rings. The van der Waals surface area contributed by atoms with Crippen LogP contribution in [-0.4, -0.2) is 69.3 Å². The van der Waals surface area contributed by atoms with E-state index in [1.165, 1.54) is 0 Å². The first-order valence-electron chi connectivity index (χ1n) is 8.53. The Morgan fingerprint density at radius 3 is 2.50 bits per heavy atom. The number of aromatic nitrogens is 3. The number of nitrogens with one attached hydrogen (secondary N) is 1. The smallest absolute Gasteiger partial charge is 0.276 e. The average molecular weight is 360 g/mol. The average Bonchev–Trinajstić information content (AvgIpc) is 3.23. The molecule has 0 atom stereocenters. The minimum atomic E-state index is -0.770. The number of likely N-dealkylation sites (tertiary alicyclic amines) is 1. The van der Waals surface area contributed by atoms with Crippen molar-refractivity contribution in [2.24, 2.45) is 7.05 Å². The van der Waals surface area contributed by atoms with E-state index in [1.807, 2.05) is 13.1 Å². The molecule has 3 rings (SSSR count). The molecule has 1 aliphatic heterocycles. The van der Waals surface area contributed by atoms with Gasteiger partial charge in [-0.25, -0.2) is 0 Å². The fourth-order valence-corrected chi connectivity index (χ4v) is 3.28. The van der Waals surface area contributed by atoms with E-state index in [1.54, 1.807) is 47.8 Å². The summed E-state index contributed by atoms with van der Waals surface area (Å²) in [5.41, 5.74) is -0.470. The number of carbonyl (C=O) groups excluding carboxylic acids is 2. The molecule has 9 nitrogen and oxygen atoms in total. The molecule has 2 aromatic heterocycles. The van der Waals surface area contributed by atoms with E-state index in [9.17, 15) is 9.59 Å². The maximum atomic E-state index is 12.9. The molecule has 1 saturated heterocycles. The van der Waals surface area contributed by atoms with Gasteiger partial charge in [-0.1, -0.05) is 5.16 Å². The highest BCUT2D eigenvalue weighted by Crippen LogP contribution is 2.29. The Kier molecular flexibility index (Phi) is 4.71. The Labute approximate surface area is 151 Å². The summed E-state index contributed by atoms with van der Waals surface area (Å²) in [6.45, 7) is 2.66. The summed E-state index contributed by atoms with van der Waals surface area (Å²) in [6, 6.07) is 3.46. The lowest BCUT2D eigenvalue weighted by Gasteiger charge is -2.42. The van der Waals surface area contributed by atoms with Crippen LogP contribution in [0.2, 0.25) is 0 Å². The molecule has 9 heteroatoms. The molecule has 0 spiro atoms. The van der Waals surface area contributed by atoms with Crippen molar-refractivity contribution in [1.82, 2.24) is 24.7 Å². The molecule has 26 heavy (non-hydrogen) atoms. The van der Waals surface area contributed by atoms with E-state index in [0.29, 0.717) is 37.4 Å². The molecule has 0 unspecified atom stereocenters. The lowest BCUT2D eigenvalue weighted by molar-refractivity contribution is -0.135. The second-order valence-electron chi connectivity index (χ2n) is 6.86. The summed E-state index contributed by atoms with van der Waals surface area (Å²) in [7, 11) is 5.30. The Hall–Kier alpha value is -2.84. The van der Waals surface area contributed by atoms with Gasteiger partial charge >= 0.3 is 0 Å². The normalized spacial score (nSPS) is 16.4. The summed E-state index contributed by atoms with van der Waals surface area (Å²) in [6.07, 6.45) is 2.68. The van der Waals surface area contributed by atoms with Crippen LogP contribution in [0.3, 0.4) is 0 Å². The number of rotatable bonds is 4. The fourth-order valence-electron chi connectivity index (χ4n) is 3.28. The molecule has 0 aromatic carbocycles. The number of nitrogens with zero attached hydrogens (tertiary/aromatic N) is 5. The predicted molar refractivity (Wildman–Crippen MR) is 94.6 cm³/mol. The summed E-state index contributed by atoms with van der Waals surface area (Å²) in [5, 5.41) is 11.3. The first kappa shape index (κ1) is 18.0. The Balaban J connectivity index is 1.77. The Morgan fingerprint density at radius 2 is 2.00 bits per heavy atom. The molecule has 0 aliphatic carbocycles. The van der Waals surface area contributed by atoms with Crippen molar-refractivity contribution in [3.63, 3.8) is 0 Å². The van der Waals surface area contributed by atoms with Crippen molar-refractivity contribution in [3.05, 3.63) is 29.8 Å². The molecular formula is C17H24N6O3. The van der Waals surface area contributed by atoms with E-state index in [0.717, 1.165) is 5.82 Å². The number of anilines is 1. The zero-order valence-corrected chi connectivity index (χ0v) is 15.5. The molecule has 0 bridgehead atoms. The number of aryl methyl sites for hydroxylation is 2. The zero-order chi connectivity index (χ0) is 18.9. The minimum Gasteiger partial charge on any atom is -0.361 e. The Morgan fingerprint density at radius 1 is 1.31 bits per heavy atom. The summed E-state index contributed by atoms with van der Waals surface area (Å²) in [4.78, 5) is 28.8. The van der Waals surface area contributed by atoms with Crippen LogP contribution in [0.25, 0.3) is 0 Å². The van der Waals surface area contributed by atoms with Crippen LogP contribution in [0.15, 0.2) is 22.9 Å². The molecule has 0 radical (unpaired) electrons. The highest BCUT2D eigenvalue weighted by Gasteiger charge is 2.44. The van der Waals surface area contributed by atoms with Crippen LogP contribution in [0, 0.1) is 6.92 Å². The lowest BCUT2D eigenvalue weighted by Crippen LogP contribution is -2.59. The van der Waals surface area contributed by atoms with Crippen LogP contribution < -0.4 is 5.32 Å². The molecule has 2 amide bonds. The van der Waals surface area contributed by atoms with Gasteiger partial charge in [0.1, 0.15) is 17.1 Å². The molecule has 2 aromatic rings. The molecule has 0 saturated carbocycles. The first-order chi connectivity index (χ1) is 12.3. The fraction of sp³-hybridized carbons (Fsp3) is 0.529. The Bertz CT molecular complexity index is 801. The van der Waals surface area contributed by atoms with Gasteiger partial charge in [0.2, 0.25) is 5.91 Å². The largest absolute Gasteiger partial charge is 0.361 e. The zero-order valence-electron chi connectivity index (χ0n) is 15.5. The van der Waals surface area contributed by atoms with Crippen LogP contribution in [-0.2, 0) is 11.8 Å². The van der Waals surface area contributed by atoms with E-state index >= 15 is 0 Å². The quantitative estimate of drug-likeness (QED) is 0.870. The third-order valence-electron chi connectivity index (χ3n) is 4.76. The maximum absolute atomic E-state index is 12.9. The van der Waals surface area contributed by atoms with Crippen molar-refractivity contribution in [2.75, 3.05) is 32.5 Å². The van der Waals surface area contributed by atoms with Gasteiger partial charge in [-0.3, -0.25) is 14.3 Å². The highest BCUT2D eigenvalue weighted by atomic mass is 16.5. The van der Waals surface area contributed by atoms with Crippen LogP contribution >= 0.6 is 0 Å². The van der Waals surface area contributed by atoms with Crippen molar-refractivity contribution in [1.29, 1.82) is 0 Å². The number of amides is 2. The standard InChI is InChI=1S/C17H24N6O3/c1-12-11-13(20-26-12)15(24)23-9-6-17(7-10-23,16(25)21(2)3)19-14-5-8-18-22(14)4/h5,8,11,19H,6-7,9-10H2,1-4H3. The van der Waals surface area contributed by atoms with Crippen molar-refractivity contribution >= 4 is 17.6 Å². The van der Waals surface area contributed by atoms with Crippen LogP contribution in [0.1, 0.15) is 29.1 Å². The predicted octanol–water partition coefficient (Wildman–Crippen LogP) is 0.892. The third-order valence-corrected chi connectivity index (χ3v) is 4.76. The molecular weight excluding hydrogens is 336 g/mol. The highest BCUT2D eigenvalue weighted by molar-refractivity contribution is 5.93. The van der Waals surface area contributed by atoms with Gasteiger partial charge in [0, 0.05) is 46.4 Å². The number of piperidine rings is 1. The van der Waals surface area contributed by atoms with Crippen molar-refractivity contribution in [3.8, 4) is 0 Å². The molecule has 1 fully saturated rings. The topological polar surface area (TPSA) is 96.5 Å². The van der Waals surface area contributed by atoms with Gasteiger partial charge in [0.15, 0.2) is 5.69 Å². The molecule has 1 N–H and O–H groups in total. The summed E-state index contributed by atoms with van der Waals surface area (Å²) >= 11 is 0. The third kappa shape index (κ3) is 3.29. The van der Waals surface area contributed by atoms with Gasteiger partial charge in [-0.15, -0.1) is 0 Å². The van der Waals surface area contributed by atoms with E-state index < -0.39 is 5.54 Å². The van der Waals surface area contributed by atoms with Crippen molar-refractivity contribution < 1.29 is 14.1 Å². The SMILES string of the molecule is Cc1cc(C(=O)N2CCC(Nc3ccnn3C)(C(=O)N(C)C)CC2)no1. The maximum Gasteiger partial charge on any atom is 0.276 e. The minimum absolute atomic E-state index is 0.0110. The van der Waals surface area contributed by atoms with Gasteiger partial charge < -0.3 is 19.6 Å². The van der Waals surface area contributed by atoms with E-state index in [4.69, 9.17) is 4.52 Å². The van der Waals surface area contributed by atoms with Crippen molar-refractivity contribution in [2.45, 2.75) is 25.3 Å². The molecule has 3 heterocycles. The van der Waals surface area contributed by atoms with E-state index in [-0.39, 0.29) is 11.8 Å². The lowest BCUT2D eigenvalue weighted by atomic mass is 9.85. The summed E-state index contributed by atoms with van der Waals surface area (Å²) < 4.78 is 6.68. The number of hydrogen-bond donors (Lipinski definition) is 1. The first-order valence-corrected chi connectivity index (χ1v) is 8.53. The number of hydrogen-bond acceptors (Lipinski definition) is 6. The number of likely N-dealkylation sites (N-methyl/N-ethyl adjacent to an activating group) is 1. The van der Waals surface area contributed by atoms with Crippen LogP contribution in [0.5, 0.6) is 0 Å². The monoisotopic (exact) mass is 360 g/mol. The van der Waals surface area contributed by atoms with Gasteiger partial charge in [-0.05, 0) is 19.8 Å². The second-order valence-corrected chi connectivity index (χ2v) is 6.86. The summed E-state index contributed by atoms with van der Waals surface area (Å²) in [5.74, 6) is 1.18. The van der Waals surface area contributed by atoms with Gasteiger partial charge in [-0.2, -0.15) is 5.10 Å². The molecule has 140 valence electrons. The van der Waals surface area contributed by atoms with Gasteiger partial charge in [0.05, 0.1) is 6.20 Å². The van der Waals surface area contributed by atoms with Gasteiger partial charge in [0.25, 0.3) is 5.91 Å².